The van der Waals surface area contributed by atoms with Crippen molar-refractivity contribution >= 4 is 28.5 Å². The van der Waals surface area contributed by atoms with Crippen molar-refractivity contribution in [3.8, 4) is 11.3 Å². The Morgan fingerprint density at radius 2 is 1.94 bits per heavy atom. The second-order valence-corrected chi connectivity index (χ2v) is 9.67. The quantitative estimate of drug-likeness (QED) is 0.415. The summed E-state index contributed by atoms with van der Waals surface area (Å²) in [6, 6.07) is 5.53. The van der Waals surface area contributed by atoms with Gasteiger partial charge in [0, 0.05) is 38.3 Å². The van der Waals surface area contributed by atoms with Crippen LogP contribution in [0.1, 0.15) is 31.5 Å². The maximum Gasteiger partial charge on any atom is 0.256 e. The number of nitrogens with one attached hydrogen (secondary N) is 1. The zero-order valence-electron chi connectivity index (χ0n) is 20.7. The molecule has 190 valence electrons. The van der Waals surface area contributed by atoms with Crippen molar-refractivity contribution < 1.29 is 13.6 Å². The number of nitrogens with zero attached hydrogens (tertiary/aromatic N) is 7. The lowest BCUT2D eigenvalue weighted by Crippen LogP contribution is -2.33. The number of alkyl halides is 2. The minimum absolute atomic E-state index is 0.132. The summed E-state index contributed by atoms with van der Waals surface area (Å²) < 4.78 is 29.3. The van der Waals surface area contributed by atoms with Gasteiger partial charge in [0.2, 0.25) is 11.9 Å². The molecular formula is C25H30F2N8O. The van der Waals surface area contributed by atoms with Crippen molar-refractivity contribution in [2.45, 2.75) is 45.6 Å². The number of pyridine rings is 1. The van der Waals surface area contributed by atoms with Crippen LogP contribution >= 0.6 is 0 Å². The Bertz CT molecular complexity index is 1390. The Balaban J connectivity index is 1.29. The van der Waals surface area contributed by atoms with Crippen LogP contribution in [0.3, 0.4) is 0 Å². The van der Waals surface area contributed by atoms with Crippen LogP contribution in [0.15, 0.2) is 30.6 Å². The molecule has 1 amide bonds. The van der Waals surface area contributed by atoms with Crippen LogP contribution in [-0.2, 0) is 11.3 Å². The van der Waals surface area contributed by atoms with E-state index < -0.39 is 13.0 Å². The van der Waals surface area contributed by atoms with Crippen LogP contribution < -0.4 is 5.32 Å². The first-order chi connectivity index (χ1) is 17.3. The van der Waals surface area contributed by atoms with E-state index in [1.54, 1.807) is 28.6 Å². The van der Waals surface area contributed by atoms with Gasteiger partial charge in [-0.3, -0.25) is 4.79 Å². The highest BCUT2D eigenvalue weighted by Gasteiger charge is 2.27. The van der Waals surface area contributed by atoms with Crippen LogP contribution in [0.25, 0.3) is 27.9 Å². The molecule has 1 aliphatic carbocycles. The molecule has 36 heavy (non-hydrogen) atoms. The molecule has 9 nitrogen and oxygen atoms in total. The molecule has 0 spiro atoms. The SMILES string of the molecule is Cc1nc2ccc(-c3ccn4nc(NCC5CCC(C(=O)N(C)C)CC5)ncc34)nc2n1CC(F)F. The molecule has 0 atom stereocenters. The van der Waals surface area contributed by atoms with Gasteiger partial charge < -0.3 is 14.8 Å². The van der Waals surface area contributed by atoms with E-state index in [4.69, 9.17) is 0 Å². The zero-order chi connectivity index (χ0) is 25.4. The molecule has 4 aromatic heterocycles. The lowest BCUT2D eigenvalue weighted by molar-refractivity contribution is -0.134. The Morgan fingerprint density at radius 1 is 1.17 bits per heavy atom. The van der Waals surface area contributed by atoms with Gasteiger partial charge in [-0.25, -0.2) is 28.2 Å². The van der Waals surface area contributed by atoms with Crippen molar-refractivity contribution in [2.75, 3.05) is 26.0 Å². The van der Waals surface area contributed by atoms with E-state index in [0.29, 0.717) is 34.5 Å². The molecular weight excluding hydrogens is 466 g/mol. The highest BCUT2D eigenvalue weighted by atomic mass is 19.3. The number of rotatable bonds is 7. The molecule has 0 aromatic carbocycles. The molecule has 1 saturated carbocycles. The number of hydrogen-bond donors (Lipinski definition) is 1. The number of halogens is 2. The third-order valence-corrected chi connectivity index (χ3v) is 6.98. The standard InChI is InChI=1S/C25H30F2N8O/c1-15-30-20-9-8-19(31-23(20)34(15)14-22(26)27)18-10-11-35-21(18)13-29-25(32-35)28-12-16-4-6-17(7-5-16)24(36)33(2)3/h8-11,13,16-17,22H,4-7,12,14H2,1-3H3,(H,28,32). The molecule has 4 heterocycles. The van der Waals surface area contributed by atoms with Gasteiger partial charge in [0.1, 0.15) is 11.3 Å². The van der Waals surface area contributed by atoms with Crippen LogP contribution in [0, 0.1) is 18.8 Å². The van der Waals surface area contributed by atoms with Crippen molar-refractivity contribution in [1.82, 2.24) is 34.0 Å². The van der Waals surface area contributed by atoms with Crippen molar-refractivity contribution in [3.63, 3.8) is 0 Å². The summed E-state index contributed by atoms with van der Waals surface area (Å²) >= 11 is 0. The van der Waals surface area contributed by atoms with E-state index in [2.05, 4.69) is 25.4 Å². The van der Waals surface area contributed by atoms with Gasteiger partial charge in [-0.15, -0.1) is 5.10 Å². The largest absolute Gasteiger partial charge is 0.353 e. The molecule has 1 N–H and O–H groups in total. The van der Waals surface area contributed by atoms with E-state index in [1.807, 2.05) is 32.4 Å². The maximum atomic E-state index is 13.1. The lowest BCUT2D eigenvalue weighted by atomic mass is 9.81. The number of imidazole rings is 1. The molecule has 1 aliphatic rings. The number of fused-ring (bicyclic) bond motifs is 2. The van der Waals surface area contributed by atoms with Crippen molar-refractivity contribution in [3.05, 3.63) is 36.4 Å². The summed E-state index contributed by atoms with van der Waals surface area (Å²) in [5.41, 5.74) is 3.25. The summed E-state index contributed by atoms with van der Waals surface area (Å²) in [5, 5.41) is 7.92. The van der Waals surface area contributed by atoms with Gasteiger partial charge in [-0.1, -0.05) is 0 Å². The summed E-state index contributed by atoms with van der Waals surface area (Å²) in [5.74, 6) is 1.88. The molecule has 0 unspecified atom stereocenters. The lowest BCUT2D eigenvalue weighted by Gasteiger charge is -2.29. The van der Waals surface area contributed by atoms with Gasteiger partial charge in [0.05, 0.1) is 24.0 Å². The second-order valence-electron chi connectivity index (χ2n) is 9.67. The number of aryl methyl sites for hydroxylation is 1. The smallest absolute Gasteiger partial charge is 0.256 e. The van der Waals surface area contributed by atoms with Crippen molar-refractivity contribution in [1.29, 1.82) is 0 Å². The number of hydrogen-bond acceptors (Lipinski definition) is 6. The fraction of sp³-hybridized carbons (Fsp3) is 0.480. The predicted molar refractivity (Wildman–Crippen MR) is 133 cm³/mol. The second kappa shape index (κ2) is 9.79. The van der Waals surface area contributed by atoms with Crippen LogP contribution in [0.2, 0.25) is 0 Å². The fourth-order valence-electron chi connectivity index (χ4n) is 5.03. The molecule has 4 aromatic rings. The number of anilines is 1. The molecule has 11 heteroatoms. The summed E-state index contributed by atoms with van der Waals surface area (Å²) in [6.07, 6.45) is 4.92. The molecule has 0 saturated heterocycles. The predicted octanol–water partition coefficient (Wildman–Crippen LogP) is 4.02. The topological polar surface area (TPSA) is 93.2 Å². The van der Waals surface area contributed by atoms with E-state index in [0.717, 1.165) is 43.3 Å². The minimum Gasteiger partial charge on any atom is -0.353 e. The Labute approximate surface area is 207 Å². The van der Waals surface area contributed by atoms with Crippen molar-refractivity contribution in [2.24, 2.45) is 11.8 Å². The first-order valence-electron chi connectivity index (χ1n) is 12.2. The average molecular weight is 497 g/mol. The highest BCUT2D eigenvalue weighted by Crippen LogP contribution is 2.30. The molecule has 0 aliphatic heterocycles. The average Bonchev–Trinajstić information content (AvgIpc) is 3.42. The third kappa shape index (κ3) is 4.74. The number of aromatic nitrogens is 6. The van der Waals surface area contributed by atoms with Gasteiger partial charge in [0.25, 0.3) is 6.43 Å². The Kier molecular flexibility index (Phi) is 6.55. The normalized spacial score (nSPS) is 18.3. The van der Waals surface area contributed by atoms with Gasteiger partial charge >= 0.3 is 0 Å². The maximum absolute atomic E-state index is 13.1. The monoisotopic (exact) mass is 496 g/mol. The molecule has 0 radical (unpaired) electrons. The fourth-order valence-corrected chi connectivity index (χ4v) is 5.03. The minimum atomic E-state index is -2.49. The van der Waals surface area contributed by atoms with E-state index in [1.165, 1.54) is 4.57 Å². The zero-order valence-corrected chi connectivity index (χ0v) is 20.7. The number of carbonyl (C=O) groups excluding carboxylic acids is 1. The van der Waals surface area contributed by atoms with Crippen LogP contribution in [0.5, 0.6) is 0 Å². The third-order valence-electron chi connectivity index (χ3n) is 6.98. The van der Waals surface area contributed by atoms with E-state index >= 15 is 0 Å². The first-order valence-corrected chi connectivity index (χ1v) is 12.2. The molecule has 5 rings (SSSR count). The number of amides is 1. The first kappa shape index (κ1) is 24.1. The number of carbonyl (C=O) groups is 1. The van der Waals surface area contributed by atoms with E-state index in [-0.39, 0.29) is 11.8 Å². The highest BCUT2D eigenvalue weighted by molar-refractivity contribution is 5.82. The van der Waals surface area contributed by atoms with Gasteiger partial charge in [0.15, 0.2) is 5.65 Å². The molecule has 1 fully saturated rings. The summed E-state index contributed by atoms with van der Waals surface area (Å²) in [7, 11) is 3.63. The van der Waals surface area contributed by atoms with Crippen LogP contribution in [0.4, 0.5) is 14.7 Å². The van der Waals surface area contributed by atoms with Gasteiger partial charge in [-0.2, -0.15) is 0 Å². The Hall–Kier alpha value is -3.63. The van der Waals surface area contributed by atoms with Crippen LogP contribution in [-0.4, -0.2) is 67.0 Å². The molecule has 0 bridgehead atoms. The van der Waals surface area contributed by atoms with E-state index in [9.17, 15) is 13.6 Å². The summed E-state index contributed by atoms with van der Waals surface area (Å²) in [4.78, 5) is 27.4. The summed E-state index contributed by atoms with van der Waals surface area (Å²) in [6.45, 7) is 2.02. The van der Waals surface area contributed by atoms with Gasteiger partial charge in [-0.05, 0) is 56.7 Å². The Morgan fingerprint density at radius 3 is 2.67 bits per heavy atom.